The Morgan fingerprint density at radius 1 is 0.944 bits per heavy atom. The molecule has 0 aliphatic heterocycles. The first kappa shape index (κ1) is 24.9. The number of rotatable bonds is 10. The number of halogens is 1. The van der Waals surface area contributed by atoms with Gasteiger partial charge < -0.3 is 19.5 Å². The molecule has 36 heavy (non-hydrogen) atoms. The summed E-state index contributed by atoms with van der Waals surface area (Å²) in [5.41, 5.74) is 2.18. The number of fused-ring (bicyclic) bond motifs is 1. The quantitative estimate of drug-likeness (QED) is 0.326. The van der Waals surface area contributed by atoms with Gasteiger partial charge in [0.15, 0.2) is 23.1 Å². The van der Waals surface area contributed by atoms with Crippen LogP contribution in [-0.2, 0) is 11.2 Å². The predicted octanol–water partition coefficient (Wildman–Crippen LogP) is 5.30. The molecule has 0 aliphatic carbocycles. The largest absolute Gasteiger partial charge is 0.493 e. The maximum absolute atomic E-state index is 14.9. The van der Waals surface area contributed by atoms with Crippen molar-refractivity contribution in [1.29, 1.82) is 0 Å². The minimum Gasteiger partial charge on any atom is -0.493 e. The Morgan fingerprint density at radius 3 is 2.42 bits per heavy atom. The summed E-state index contributed by atoms with van der Waals surface area (Å²) in [6.07, 6.45) is 2.41. The zero-order chi connectivity index (χ0) is 25.5. The van der Waals surface area contributed by atoms with Gasteiger partial charge in [-0.2, -0.15) is 0 Å². The molecule has 0 bridgehead atoms. The van der Waals surface area contributed by atoms with Crippen LogP contribution in [0.1, 0.15) is 5.56 Å². The van der Waals surface area contributed by atoms with E-state index in [4.69, 9.17) is 14.2 Å². The highest BCUT2D eigenvalue weighted by Crippen LogP contribution is 2.37. The van der Waals surface area contributed by atoms with E-state index in [9.17, 15) is 9.18 Å². The van der Waals surface area contributed by atoms with Crippen LogP contribution >= 0.6 is 0 Å². The first-order chi connectivity index (χ1) is 17.5. The van der Waals surface area contributed by atoms with Crippen molar-refractivity contribution in [3.63, 3.8) is 0 Å². The number of pyridine rings is 1. The lowest BCUT2D eigenvalue weighted by Gasteiger charge is -2.16. The van der Waals surface area contributed by atoms with Crippen molar-refractivity contribution in [2.45, 2.75) is 6.42 Å². The number of aromatic nitrogens is 1. The molecule has 4 aromatic rings. The SMILES string of the molecule is COc1cc2nccc(Oc3ccc(NC(=O)CN(C)CCc4ccccc4)cc3F)c2cc1OC. The van der Waals surface area contributed by atoms with Crippen LogP contribution in [0.15, 0.2) is 72.9 Å². The molecule has 0 fully saturated rings. The lowest BCUT2D eigenvalue weighted by Crippen LogP contribution is -2.31. The summed E-state index contributed by atoms with van der Waals surface area (Å²) in [5, 5.41) is 3.39. The van der Waals surface area contributed by atoms with Crippen molar-refractivity contribution in [2.24, 2.45) is 0 Å². The summed E-state index contributed by atoms with van der Waals surface area (Å²) in [6, 6.07) is 19.5. The second kappa shape index (κ2) is 11.5. The smallest absolute Gasteiger partial charge is 0.238 e. The molecular weight excluding hydrogens is 461 g/mol. The van der Waals surface area contributed by atoms with Crippen molar-refractivity contribution >= 4 is 22.5 Å². The highest BCUT2D eigenvalue weighted by atomic mass is 19.1. The molecule has 1 heterocycles. The fraction of sp³-hybridized carbons (Fsp3) is 0.214. The van der Waals surface area contributed by atoms with E-state index in [0.717, 1.165) is 13.0 Å². The summed E-state index contributed by atoms with van der Waals surface area (Å²) < 4.78 is 31.4. The molecule has 3 aromatic carbocycles. The van der Waals surface area contributed by atoms with Gasteiger partial charge in [0, 0.05) is 35.9 Å². The molecule has 0 unspecified atom stereocenters. The van der Waals surface area contributed by atoms with E-state index in [1.54, 1.807) is 37.6 Å². The fourth-order valence-corrected chi connectivity index (χ4v) is 3.81. The third-order valence-corrected chi connectivity index (χ3v) is 5.68. The van der Waals surface area contributed by atoms with Crippen LogP contribution < -0.4 is 19.5 Å². The third-order valence-electron chi connectivity index (χ3n) is 5.68. The Morgan fingerprint density at radius 2 is 1.69 bits per heavy atom. The van der Waals surface area contributed by atoms with E-state index in [0.29, 0.717) is 33.8 Å². The Balaban J connectivity index is 1.40. The van der Waals surface area contributed by atoms with Crippen LogP contribution in [-0.4, -0.2) is 50.1 Å². The first-order valence-corrected chi connectivity index (χ1v) is 11.5. The van der Waals surface area contributed by atoms with Gasteiger partial charge in [-0.05, 0) is 43.3 Å². The highest BCUT2D eigenvalue weighted by Gasteiger charge is 2.14. The Hall–Kier alpha value is -4.17. The molecular formula is C28H28FN3O4. The van der Waals surface area contributed by atoms with E-state index in [1.807, 2.05) is 30.1 Å². The third kappa shape index (κ3) is 6.09. The molecule has 1 amide bonds. The number of nitrogens with zero attached hydrogens (tertiary/aromatic N) is 2. The number of hydrogen-bond acceptors (Lipinski definition) is 6. The van der Waals surface area contributed by atoms with Gasteiger partial charge in [-0.1, -0.05) is 30.3 Å². The minimum atomic E-state index is -0.601. The van der Waals surface area contributed by atoms with E-state index < -0.39 is 5.82 Å². The number of methoxy groups -OCH3 is 2. The van der Waals surface area contributed by atoms with Crippen LogP contribution in [0.3, 0.4) is 0 Å². The van der Waals surface area contributed by atoms with Crippen LogP contribution in [0.25, 0.3) is 10.9 Å². The molecule has 0 aliphatic rings. The molecule has 1 N–H and O–H groups in total. The van der Waals surface area contributed by atoms with Gasteiger partial charge in [0.05, 0.1) is 26.3 Å². The number of likely N-dealkylation sites (N-methyl/N-ethyl adjacent to an activating group) is 1. The number of hydrogen-bond donors (Lipinski definition) is 1. The molecule has 0 spiro atoms. The second-order valence-corrected chi connectivity index (χ2v) is 8.30. The number of ether oxygens (including phenoxy) is 3. The number of nitrogens with one attached hydrogen (secondary N) is 1. The molecule has 8 heteroatoms. The van der Waals surface area contributed by atoms with E-state index >= 15 is 0 Å². The number of amides is 1. The van der Waals surface area contributed by atoms with E-state index in [1.165, 1.54) is 24.8 Å². The predicted molar refractivity (Wildman–Crippen MR) is 138 cm³/mol. The van der Waals surface area contributed by atoms with Gasteiger partial charge in [0.2, 0.25) is 5.91 Å². The fourth-order valence-electron chi connectivity index (χ4n) is 3.81. The van der Waals surface area contributed by atoms with Crippen LogP contribution in [0.5, 0.6) is 23.0 Å². The Kier molecular flexibility index (Phi) is 7.97. The summed E-state index contributed by atoms with van der Waals surface area (Å²) in [6.45, 7) is 0.927. The lowest BCUT2D eigenvalue weighted by atomic mass is 10.1. The maximum Gasteiger partial charge on any atom is 0.238 e. The molecule has 4 rings (SSSR count). The first-order valence-electron chi connectivity index (χ1n) is 11.5. The van der Waals surface area contributed by atoms with Gasteiger partial charge in [0.25, 0.3) is 0 Å². The van der Waals surface area contributed by atoms with Crippen molar-refractivity contribution in [3.8, 4) is 23.0 Å². The van der Waals surface area contributed by atoms with Gasteiger partial charge >= 0.3 is 0 Å². The molecule has 0 saturated heterocycles. The number of carbonyl (C=O) groups excluding carboxylic acids is 1. The standard InChI is InChI=1S/C28H28FN3O4/c1-32(14-12-19-7-5-4-6-8-19)18-28(33)31-20-9-10-25(22(29)15-20)36-24-11-13-30-23-17-27(35-3)26(34-2)16-21(23)24/h4-11,13,15-17H,12,14,18H2,1-3H3,(H,31,33). The highest BCUT2D eigenvalue weighted by molar-refractivity contribution is 5.92. The molecule has 1 aromatic heterocycles. The second-order valence-electron chi connectivity index (χ2n) is 8.30. The molecule has 0 radical (unpaired) electrons. The molecule has 186 valence electrons. The molecule has 0 saturated carbocycles. The maximum atomic E-state index is 14.9. The monoisotopic (exact) mass is 489 g/mol. The molecule has 7 nitrogen and oxygen atoms in total. The van der Waals surface area contributed by atoms with E-state index in [2.05, 4.69) is 22.4 Å². The van der Waals surface area contributed by atoms with Gasteiger partial charge in [-0.3, -0.25) is 14.7 Å². The summed E-state index contributed by atoms with van der Waals surface area (Å²) in [4.78, 5) is 18.7. The average Bonchev–Trinajstić information content (AvgIpc) is 2.89. The van der Waals surface area contributed by atoms with E-state index in [-0.39, 0.29) is 18.2 Å². The van der Waals surface area contributed by atoms with Crippen LogP contribution in [0.2, 0.25) is 0 Å². The number of benzene rings is 3. The van der Waals surface area contributed by atoms with Crippen molar-refractivity contribution in [1.82, 2.24) is 9.88 Å². The minimum absolute atomic E-state index is 0.0234. The average molecular weight is 490 g/mol. The zero-order valence-electron chi connectivity index (χ0n) is 20.5. The molecule has 0 atom stereocenters. The van der Waals surface area contributed by atoms with Crippen LogP contribution in [0.4, 0.5) is 10.1 Å². The normalized spacial score (nSPS) is 10.9. The summed E-state index contributed by atoms with van der Waals surface area (Å²) in [5.74, 6) is 0.657. The lowest BCUT2D eigenvalue weighted by molar-refractivity contribution is -0.117. The Bertz CT molecular complexity index is 1350. The summed E-state index contributed by atoms with van der Waals surface area (Å²) >= 11 is 0. The Labute approximate surface area is 209 Å². The number of carbonyl (C=O) groups is 1. The van der Waals surface area contributed by atoms with Crippen molar-refractivity contribution < 1.29 is 23.4 Å². The number of anilines is 1. The zero-order valence-corrected chi connectivity index (χ0v) is 20.5. The van der Waals surface area contributed by atoms with Gasteiger partial charge in [0.1, 0.15) is 5.75 Å². The van der Waals surface area contributed by atoms with Gasteiger partial charge in [-0.15, -0.1) is 0 Å². The van der Waals surface area contributed by atoms with Crippen LogP contribution in [0, 0.1) is 5.82 Å². The van der Waals surface area contributed by atoms with Gasteiger partial charge in [-0.25, -0.2) is 4.39 Å². The van der Waals surface area contributed by atoms with Crippen molar-refractivity contribution in [3.05, 3.63) is 84.3 Å². The topological polar surface area (TPSA) is 72.9 Å². The summed E-state index contributed by atoms with van der Waals surface area (Å²) in [7, 11) is 4.96. The van der Waals surface area contributed by atoms with Crippen molar-refractivity contribution in [2.75, 3.05) is 39.7 Å².